The van der Waals surface area contributed by atoms with Gasteiger partial charge in [0.1, 0.15) is 5.78 Å². The summed E-state index contributed by atoms with van der Waals surface area (Å²) in [6.07, 6.45) is 0.246. The van der Waals surface area contributed by atoms with Gasteiger partial charge in [-0.1, -0.05) is 12.0 Å². The second-order valence-electron chi connectivity index (χ2n) is 4.79. The Bertz CT molecular complexity index is 418. The van der Waals surface area contributed by atoms with Crippen LogP contribution >= 0.6 is 0 Å². The first-order chi connectivity index (χ1) is 9.88. The van der Waals surface area contributed by atoms with Crippen LogP contribution in [0.1, 0.15) is 33.6 Å². The van der Waals surface area contributed by atoms with Crippen molar-refractivity contribution in [3.63, 3.8) is 0 Å². The molecule has 0 radical (unpaired) electrons. The maximum absolute atomic E-state index is 11.8. The smallest absolute Gasteiger partial charge is 0.222 e. The zero-order valence-corrected chi connectivity index (χ0v) is 12.7. The Balaban J connectivity index is 3.90. The van der Waals surface area contributed by atoms with Gasteiger partial charge in [0, 0.05) is 30.2 Å². The molecule has 1 N–H and O–H groups in total. The largest absolute Gasteiger partial charge is 0.381 e. The number of carbonyl (C=O) groups is 3. The third-order valence-electron chi connectivity index (χ3n) is 2.93. The van der Waals surface area contributed by atoms with Gasteiger partial charge in [-0.3, -0.25) is 14.4 Å². The third-order valence-corrected chi connectivity index (χ3v) is 2.93. The van der Waals surface area contributed by atoms with Crippen LogP contribution in [0.2, 0.25) is 0 Å². The normalized spacial score (nSPS) is 12.9. The van der Waals surface area contributed by atoms with Crippen LogP contribution < -0.4 is 5.32 Å². The van der Waals surface area contributed by atoms with Crippen molar-refractivity contribution < 1.29 is 19.1 Å². The van der Waals surface area contributed by atoms with E-state index in [-0.39, 0.29) is 56.0 Å². The molecule has 0 fully saturated rings. The van der Waals surface area contributed by atoms with Crippen LogP contribution in [0.3, 0.4) is 0 Å². The van der Waals surface area contributed by atoms with Crippen LogP contribution in [0.5, 0.6) is 0 Å². The van der Waals surface area contributed by atoms with Gasteiger partial charge < -0.3 is 10.1 Å². The van der Waals surface area contributed by atoms with Crippen molar-refractivity contribution in [2.45, 2.75) is 39.7 Å². The summed E-state index contributed by atoms with van der Waals surface area (Å²) in [4.78, 5) is 37.0. The van der Waals surface area contributed by atoms with Crippen molar-refractivity contribution in [1.29, 1.82) is 0 Å². The molecule has 0 aliphatic rings. The van der Waals surface area contributed by atoms with E-state index < -0.39 is 6.04 Å². The van der Waals surface area contributed by atoms with Gasteiger partial charge in [0.15, 0.2) is 5.78 Å². The summed E-state index contributed by atoms with van der Waals surface area (Å²) in [7, 11) is 0. The van der Waals surface area contributed by atoms with E-state index in [1.807, 2.05) is 0 Å². The highest BCUT2D eigenvalue weighted by atomic mass is 16.5. The number of Topliss-reactive ketones (excluding diaryl/α,β-unsaturated/α-hetero) is 2. The Morgan fingerprint density at radius 1 is 1.29 bits per heavy atom. The molecule has 0 aromatic heterocycles. The monoisotopic (exact) mass is 298 g/mol. The number of nitrogens with zero attached hydrogens (tertiary/aromatic N) is 3. The lowest BCUT2D eigenvalue weighted by atomic mass is 9.98. The molecule has 8 nitrogen and oxygen atoms in total. The SMILES string of the molecule is CC(=O)C(C)CC(=O)C(C)NC(=O)CCOCCN=[N+]=[N-]. The van der Waals surface area contributed by atoms with E-state index >= 15 is 0 Å². The Kier molecular flexibility index (Phi) is 9.83. The van der Waals surface area contributed by atoms with Crippen LogP contribution in [0.15, 0.2) is 5.11 Å². The molecule has 118 valence electrons. The van der Waals surface area contributed by atoms with E-state index in [2.05, 4.69) is 15.3 Å². The van der Waals surface area contributed by atoms with Gasteiger partial charge in [0.2, 0.25) is 5.91 Å². The predicted molar refractivity (Wildman–Crippen MR) is 76.5 cm³/mol. The predicted octanol–water partition coefficient (Wildman–Crippen LogP) is 1.39. The van der Waals surface area contributed by atoms with Crippen LogP contribution in [0.25, 0.3) is 10.4 Å². The van der Waals surface area contributed by atoms with Crippen LogP contribution in [-0.2, 0) is 19.1 Å². The zero-order chi connectivity index (χ0) is 16.3. The molecule has 2 unspecified atom stereocenters. The van der Waals surface area contributed by atoms with E-state index in [1.165, 1.54) is 6.92 Å². The average molecular weight is 298 g/mol. The quantitative estimate of drug-likeness (QED) is 0.268. The number of hydrogen-bond donors (Lipinski definition) is 1. The lowest BCUT2D eigenvalue weighted by Gasteiger charge is -2.14. The fourth-order valence-electron chi connectivity index (χ4n) is 1.43. The molecular formula is C13H22N4O4. The van der Waals surface area contributed by atoms with E-state index in [0.717, 1.165) is 0 Å². The van der Waals surface area contributed by atoms with Crippen LogP contribution in [-0.4, -0.2) is 43.3 Å². The molecular weight excluding hydrogens is 276 g/mol. The van der Waals surface area contributed by atoms with Crippen molar-refractivity contribution in [2.24, 2.45) is 11.0 Å². The van der Waals surface area contributed by atoms with Gasteiger partial charge in [-0.25, -0.2) is 0 Å². The summed E-state index contributed by atoms with van der Waals surface area (Å²) >= 11 is 0. The molecule has 1 amide bonds. The van der Waals surface area contributed by atoms with E-state index in [9.17, 15) is 14.4 Å². The van der Waals surface area contributed by atoms with Crippen molar-refractivity contribution in [3.05, 3.63) is 10.4 Å². The summed E-state index contributed by atoms with van der Waals surface area (Å²) < 4.78 is 5.09. The Morgan fingerprint density at radius 3 is 2.52 bits per heavy atom. The molecule has 8 heteroatoms. The second-order valence-corrected chi connectivity index (χ2v) is 4.79. The Hall–Kier alpha value is -1.92. The number of ether oxygens (including phenoxy) is 1. The van der Waals surface area contributed by atoms with Gasteiger partial charge in [-0.2, -0.15) is 0 Å². The van der Waals surface area contributed by atoms with Gasteiger partial charge in [0.05, 0.1) is 19.3 Å². The first-order valence-electron chi connectivity index (χ1n) is 6.79. The van der Waals surface area contributed by atoms with Crippen LogP contribution in [0, 0.1) is 5.92 Å². The minimum Gasteiger partial charge on any atom is -0.381 e. The highest BCUT2D eigenvalue weighted by Crippen LogP contribution is 2.06. The van der Waals surface area contributed by atoms with Crippen molar-refractivity contribution in [3.8, 4) is 0 Å². The van der Waals surface area contributed by atoms with E-state index in [1.54, 1.807) is 13.8 Å². The van der Waals surface area contributed by atoms with Gasteiger partial charge in [-0.05, 0) is 19.4 Å². The van der Waals surface area contributed by atoms with Crippen LogP contribution in [0.4, 0.5) is 0 Å². The lowest BCUT2D eigenvalue weighted by molar-refractivity contribution is -0.130. The highest BCUT2D eigenvalue weighted by molar-refractivity contribution is 5.91. The minimum atomic E-state index is -0.623. The van der Waals surface area contributed by atoms with Crippen molar-refractivity contribution in [1.82, 2.24) is 5.32 Å². The zero-order valence-electron chi connectivity index (χ0n) is 12.7. The van der Waals surface area contributed by atoms with Gasteiger partial charge in [0.25, 0.3) is 0 Å². The molecule has 0 saturated heterocycles. The second kappa shape index (κ2) is 10.8. The Labute approximate surface area is 123 Å². The number of azide groups is 1. The molecule has 0 aliphatic heterocycles. The summed E-state index contributed by atoms with van der Waals surface area (Å²) in [6.45, 7) is 5.38. The maximum Gasteiger partial charge on any atom is 0.222 e. The molecule has 0 aromatic rings. The van der Waals surface area contributed by atoms with Gasteiger partial charge >= 0.3 is 0 Å². The molecule has 0 saturated carbocycles. The van der Waals surface area contributed by atoms with Crippen molar-refractivity contribution >= 4 is 17.5 Å². The fraction of sp³-hybridized carbons (Fsp3) is 0.769. The molecule has 0 spiro atoms. The molecule has 0 aliphatic carbocycles. The van der Waals surface area contributed by atoms with E-state index in [4.69, 9.17) is 10.3 Å². The highest BCUT2D eigenvalue weighted by Gasteiger charge is 2.19. The van der Waals surface area contributed by atoms with Gasteiger partial charge in [-0.15, -0.1) is 0 Å². The number of carbonyl (C=O) groups excluding carboxylic acids is 3. The summed E-state index contributed by atoms with van der Waals surface area (Å²) in [5.41, 5.74) is 8.04. The minimum absolute atomic E-state index is 0.0460. The molecule has 21 heavy (non-hydrogen) atoms. The molecule has 0 bridgehead atoms. The molecule has 0 rings (SSSR count). The number of ketones is 2. The topological polar surface area (TPSA) is 121 Å². The lowest BCUT2D eigenvalue weighted by Crippen LogP contribution is -2.39. The molecule has 2 atom stereocenters. The number of hydrogen-bond acceptors (Lipinski definition) is 5. The number of nitrogens with one attached hydrogen (secondary N) is 1. The number of rotatable bonds is 11. The summed E-state index contributed by atoms with van der Waals surface area (Å²) in [6, 6.07) is -0.623. The first-order valence-corrected chi connectivity index (χ1v) is 6.79. The fourth-order valence-corrected chi connectivity index (χ4v) is 1.43. The molecule has 0 aromatic carbocycles. The number of amides is 1. The molecule has 0 heterocycles. The summed E-state index contributed by atoms with van der Waals surface area (Å²) in [5.74, 6) is -0.846. The summed E-state index contributed by atoms with van der Waals surface area (Å²) in [5, 5.41) is 5.85. The van der Waals surface area contributed by atoms with E-state index in [0.29, 0.717) is 0 Å². The maximum atomic E-state index is 11.8. The first kappa shape index (κ1) is 19.1. The third kappa shape index (κ3) is 9.59. The Morgan fingerprint density at radius 2 is 1.95 bits per heavy atom. The average Bonchev–Trinajstić information content (AvgIpc) is 2.42. The standard InChI is InChI=1S/C13H22N4O4/c1-9(11(3)18)8-12(19)10(2)16-13(20)4-6-21-7-5-15-17-14/h9-10H,4-8H2,1-3H3,(H,16,20). The van der Waals surface area contributed by atoms with Crippen molar-refractivity contribution in [2.75, 3.05) is 19.8 Å².